The molecule has 0 radical (unpaired) electrons. The number of halogens is 1. The summed E-state index contributed by atoms with van der Waals surface area (Å²) >= 11 is 0. The molecule has 0 aliphatic rings. The third-order valence-corrected chi connectivity index (χ3v) is 2.09. The number of carbonyl (C=O) groups is 1. The molecule has 1 N–H and O–H groups in total. The molecule has 0 bridgehead atoms. The Kier molecular flexibility index (Phi) is 2.95. The average molecular weight is 220 g/mol. The number of rotatable bonds is 3. The third-order valence-electron chi connectivity index (χ3n) is 2.09. The highest BCUT2D eigenvalue weighted by molar-refractivity contribution is 5.93. The topological polar surface area (TPSA) is 55.1 Å². The van der Waals surface area contributed by atoms with Crippen LogP contribution in [-0.4, -0.2) is 11.1 Å². The van der Waals surface area contributed by atoms with E-state index in [2.05, 4.69) is 15.0 Å². The molecule has 0 spiro atoms. The van der Waals surface area contributed by atoms with Crippen molar-refractivity contribution >= 4 is 5.91 Å². The van der Waals surface area contributed by atoms with Crippen LogP contribution in [0.4, 0.5) is 4.39 Å². The maximum absolute atomic E-state index is 13.2. The lowest BCUT2D eigenvalue weighted by Gasteiger charge is -2.04. The van der Waals surface area contributed by atoms with Gasteiger partial charge in [0.05, 0.1) is 11.8 Å². The van der Waals surface area contributed by atoms with Crippen LogP contribution in [-0.2, 0) is 6.54 Å². The summed E-state index contributed by atoms with van der Waals surface area (Å²) in [5.74, 6) is -0.683. The van der Waals surface area contributed by atoms with E-state index in [1.165, 1.54) is 18.5 Å². The lowest BCUT2D eigenvalue weighted by Crippen LogP contribution is -2.22. The van der Waals surface area contributed by atoms with Gasteiger partial charge in [-0.2, -0.15) is 0 Å². The van der Waals surface area contributed by atoms with Crippen LogP contribution in [0.25, 0.3) is 0 Å². The largest absolute Gasteiger partial charge is 0.364 e. The molecule has 2 aromatic rings. The first-order valence-electron chi connectivity index (χ1n) is 4.68. The van der Waals surface area contributed by atoms with Crippen LogP contribution in [0, 0.1) is 5.82 Å². The molecule has 0 atom stereocenters. The highest BCUT2D eigenvalue weighted by atomic mass is 19.1. The van der Waals surface area contributed by atoms with Gasteiger partial charge in [0.25, 0.3) is 5.91 Å². The van der Waals surface area contributed by atoms with E-state index in [-0.39, 0.29) is 18.3 Å². The Bertz CT molecular complexity index is 482. The van der Waals surface area contributed by atoms with E-state index >= 15 is 0 Å². The molecule has 5 heteroatoms. The van der Waals surface area contributed by atoms with Crippen molar-refractivity contribution in [2.24, 2.45) is 0 Å². The minimum absolute atomic E-state index is 0.136. The number of hydrogen-bond donors (Lipinski definition) is 1. The molecule has 0 fully saturated rings. The van der Waals surface area contributed by atoms with Crippen LogP contribution < -0.4 is 5.32 Å². The number of aromatic nitrogens is 1. The zero-order chi connectivity index (χ0) is 11.4. The van der Waals surface area contributed by atoms with Crippen LogP contribution in [0.15, 0.2) is 41.2 Å². The fourth-order valence-corrected chi connectivity index (χ4v) is 1.24. The Labute approximate surface area is 91.1 Å². The monoisotopic (exact) mass is 220 g/mol. The molecule has 0 aliphatic carbocycles. The molecule has 2 rings (SSSR count). The molecule has 4 nitrogen and oxygen atoms in total. The van der Waals surface area contributed by atoms with Crippen molar-refractivity contribution in [3.05, 3.63) is 53.7 Å². The predicted octanol–water partition coefficient (Wildman–Crippen LogP) is 1.74. The normalized spacial score (nSPS) is 10.1. The standard InChI is InChI=1S/C11H9FN2O2/c12-10-4-2-1-3-8(10)5-13-11(15)9-6-14-16-7-9/h1-4,6-7H,5H2,(H,13,15). The summed E-state index contributed by atoms with van der Waals surface area (Å²) in [6.45, 7) is 0.136. The second-order valence-corrected chi connectivity index (χ2v) is 3.19. The van der Waals surface area contributed by atoms with Gasteiger partial charge in [-0.05, 0) is 6.07 Å². The number of carbonyl (C=O) groups excluding carboxylic acids is 1. The number of nitrogens with zero attached hydrogens (tertiary/aromatic N) is 1. The van der Waals surface area contributed by atoms with Gasteiger partial charge in [0.1, 0.15) is 12.1 Å². The number of hydrogen-bond acceptors (Lipinski definition) is 3. The number of benzene rings is 1. The summed E-state index contributed by atoms with van der Waals surface area (Å²) in [7, 11) is 0. The van der Waals surface area contributed by atoms with E-state index in [1.807, 2.05) is 0 Å². The molecule has 0 saturated heterocycles. The third kappa shape index (κ3) is 2.25. The van der Waals surface area contributed by atoms with Crippen molar-refractivity contribution in [1.29, 1.82) is 0 Å². The summed E-state index contributed by atoms with van der Waals surface area (Å²) in [5.41, 5.74) is 0.753. The van der Waals surface area contributed by atoms with E-state index in [1.54, 1.807) is 18.2 Å². The van der Waals surface area contributed by atoms with Crippen molar-refractivity contribution in [3.63, 3.8) is 0 Å². The van der Waals surface area contributed by atoms with E-state index in [4.69, 9.17) is 0 Å². The second-order valence-electron chi connectivity index (χ2n) is 3.19. The first-order chi connectivity index (χ1) is 7.77. The number of nitrogens with one attached hydrogen (secondary N) is 1. The van der Waals surface area contributed by atoms with Gasteiger partial charge < -0.3 is 9.84 Å². The smallest absolute Gasteiger partial charge is 0.256 e. The van der Waals surface area contributed by atoms with Gasteiger partial charge in [0.15, 0.2) is 0 Å². The molecule has 82 valence electrons. The molecule has 1 aromatic carbocycles. The highest BCUT2D eigenvalue weighted by Crippen LogP contribution is 2.06. The highest BCUT2D eigenvalue weighted by Gasteiger charge is 2.08. The first kappa shape index (κ1) is 10.4. The maximum atomic E-state index is 13.2. The van der Waals surface area contributed by atoms with Crippen LogP contribution in [0.3, 0.4) is 0 Å². The van der Waals surface area contributed by atoms with Gasteiger partial charge in [0.2, 0.25) is 0 Å². The number of amides is 1. The van der Waals surface area contributed by atoms with Crippen molar-refractivity contribution in [2.75, 3.05) is 0 Å². The second kappa shape index (κ2) is 4.57. The van der Waals surface area contributed by atoms with Crippen LogP contribution in [0.2, 0.25) is 0 Å². The van der Waals surface area contributed by atoms with Gasteiger partial charge in [-0.15, -0.1) is 0 Å². The summed E-state index contributed by atoms with van der Waals surface area (Å²) < 4.78 is 17.7. The molecule has 1 heterocycles. The molecule has 16 heavy (non-hydrogen) atoms. The van der Waals surface area contributed by atoms with Crippen molar-refractivity contribution < 1.29 is 13.7 Å². The van der Waals surface area contributed by atoms with E-state index in [0.717, 1.165) is 0 Å². The lowest BCUT2D eigenvalue weighted by molar-refractivity contribution is 0.0950. The summed E-state index contributed by atoms with van der Waals surface area (Å²) in [5, 5.41) is 5.97. The van der Waals surface area contributed by atoms with Gasteiger partial charge in [0, 0.05) is 12.1 Å². The van der Waals surface area contributed by atoms with Crippen molar-refractivity contribution in [2.45, 2.75) is 6.54 Å². The Morgan fingerprint density at radius 2 is 2.25 bits per heavy atom. The van der Waals surface area contributed by atoms with Crippen LogP contribution in [0.1, 0.15) is 15.9 Å². The molecule has 0 saturated carbocycles. The molecular weight excluding hydrogens is 211 g/mol. The van der Waals surface area contributed by atoms with Crippen molar-refractivity contribution in [1.82, 2.24) is 10.5 Å². The lowest BCUT2D eigenvalue weighted by atomic mass is 10.2. The van der Waals surface area contributed by atoms with Crippen LogP contribution >= 0.6 is 0 Å². The molecule has 0 unspecified atom stereocenters. The Morgan fingerprint density at radius 1 is 1.44 bits per heavy atom. The summed E-state index contributed by atoms with van der Waals surface area (Å²) in [6, 6.07) is 6.27. The molecule has 0 aliphatic heterocycles. The minimum Gasteiger partial charge on any atom is -0.364 e. The Balaban J connectivity index is 1.98. The zero-order valence-corrected chi connectivity index (χ0v) is 8.31. The quantitative estimate of drug-likeness (QED) is 0.857. The Morgan fingerprint density at radius 3 is 2.94 bits per heavy atom. The Hall–Kier alpha value is -2.17. The van der Waals surface area contributed by atoms with E-state index in [0.29, 0.717) is 11.1 Å². The fraction of sp³-hybridized carbons (Fsp3) is 0.0909. The molecular formula is C11H9FN2O2. The SMILES string of the molecule is O=C(NCc1ccccc1F)c1cnoc1. The van der Waals surface area contributed by atoms with E-state index < -0.39 is 0 Å². The van der Waals surface area contributed by atoms with Gasteiger partial charge in [-0.1, -0.05) is 23.4 Å². The first-order valence-corrected chi connectivity index (χ1v) is 4.68. The van der Waals surface area contributed by atoms with Gasteiger partial charge >= 0.3 is 0 Å². The summed E-state index contributed by atoms with van der Waals surface area (Å²) in [4.78, 5) is 11.5. The van der Waals surface area contributed by atoms with Crippen LogP contribution in [0.5, 0.6) is 0 Å². The molecule has 1 aromatic heterocycles. The molecule has 1 amide bonds. The average Bonchev–Trinajstić information content (AvgIpc) is 2.81. The van der Waals surface area contributed by atoms with Crippen molar-refractivity contribution in [3.8, 4) is 0 Å². The van der Waals surface area contributed by atoms with E-state index in [9.17, 15) is 9.18 Å². The predicted molar refractivity (Wildman–Crippen MR) is 54.1 cm³/mol. The fourth-order valence-electron chi connectivity index (χ4n) is 1.24. The van der Waals surface area contributed by atoms with Gasteiger partial charge in [-0.25, -0.2) is 4.39 Å². The maximum Gasteiger partial charge on any atom is 0.256 e. The van der Waals surface area contributed by atoms with Gasteiger partial charge in [-0.3, -0.25) is 4.79 Å². The summed E-state index contributed by atoms with van der Waals surface area (Å²) in [6.07, 6.45) is 2.54. The minimum atomic E-state index is -0.343. The zero-order valence-electron chi connectivity index (χ0n) is 8.31.